The summed E-state index contributed by atoms with van der Waals surface area (Å²) in [5.41, 5.74) is 8.12. The van der Waals surface area contributed by atoms with Gasteiger partial charge in [0.15, 0.2) is 0 Å². The number of hydrogen-bond donors (Lipinski definition) is 1. The fourth-order valence-electron chi connectivity index (χ4n) is 2.27. The molecule has 0 aliphatic carbocycles. The number of nitrogens with two attached hydrogens (primary N) is 1. The van der Waals surface area contributed by atoms with Crippen molar-refractivity contribution >= 4 is 23.1 Å². The second-order valence-electron chi connectivity index (χ2n) is 4.47. The number of ether oxygens (including phenoxy) is 1. The summed E-state index contributed by atoms with van der Waals surface area (Å²) in [7, 11) is 0. The highest BCUT2D eigenvalue weighted by atomic mass is 32.2. The van der Waals surface area contributed by atoms with Gasteiger partial charge in [-0.3, -0.25) is 0 Å². The summed E-state index contributed by atoms with van der Waals surface area (Å²) in [5.74, 6) is 1.98. The zero-order chi connectivity index (χ0) is 13.0. The number of thioether (sulfide) groups is 1. The van der Waals surface area contributed by atoms with Crippen LogP contribution >= 0.6 is 11.8 Å². The first-order valence-electron chi connectivity index (χ1n) is 6.64. The predicted octanol–water partition coefficient (Wildman–Crippen LogP) is 3.00. The Hall–Kier alpha value is -1.03. The van der Waals surface area contributed by atoms with E-state index in [1.165, 1.54) is 12.2 Å². The molecule has 18 heavy (non-hydrogen) atoms. The molecule has 0 bridgehead atoms. The molecule has 0 radical (unpaired) electrons. The van der Waals surface area contributed by atoms with Crippen molar-refractivity contribution in [3.63, 3.8) is 0 Å². The van der Waals surface area contributed by atoms with Gasteiger partial charge in [-0.15, -0.1) is 0 Å². The molecule has 1 aromatic carbocycles. The van der Waals surface area contributed by atoms with Gasteiger partial charge >= 0.3 is 0 Å². The Balaban J connectivity index is 2.19. The molecule has 2 N–H and O–H groups in total. The number of para-hydroxylation sites is 1. The van der Waals surface area contributed by atoms with E-state index in [9.17, 15) is 0 Å². The summed E-state index contributed by atoms with van der Waals surface area (Å²) < 4.78 is 5.56. The first-order valence-corrected chi connectivity index (χ1v) is 7.69. The van der Waals surface area contributed by atoms with Gasteiger partial charge in [0.1, 0.15) is 5.75 Å². The molecular formula is C14H22N2OS. The topological polar surface area (TPSA) is 38.5 Å². The maximum absolute atomic E-state index is 6.21. The van der Waals surface area contributed by atoms with Crippen LogP contribution in [-0.2, 0) is 0 Å². The van der Waals surface area contributed by atoms with Crippen LogP contribution in [0.2, 0.25) is 0 Å². The van der Waals surface area contributed by atoms with Gasteiger partial charge in [0.05, 0.1) is 18.0 Å². The number of nitrogen functional groups attached to an aromatic ring is 1. The molecule has 3 nitrogen and oxygen atoms in total. The fraction of sp³-hybridized carbons (Fsp3) is 0.571. The van der Waals surface area contributed by atoms with Crippen molar-refractivity contribution in [2.45, 2.75) is 25.5 Å². The highest BCUT2D eigenvalue weighted by Crippen LogP contribution is 2.35. The minimum atomic E-state index is 0.654. The SMILES string of the molecule is CCOc1cccc(N2CCSC(CC)C2)c1N. The van der Waals surface area contributed by atoms with Gasteiger partial charge in [0, 0.05) is 24.1 Å². The van der Waals surface area contributed by atoms with Gasteiger partial charge in [-0.25, -0.2) is 0 Å². The summed E-state index contributed by atoms with van der Waals surface area (Å²) in [6.07, 6.45) is 1.21. The lowest BCUT2D eigenvalue weighted by Gasteiger charge is -2.34. The first-order chi connectivity index (χ1) is 8.76. The van der Waals surface area contributed by atoms with E-state index in [1.807, 2.05) is 19.1 Å². The molecule has 1 atom stereocenters. The molecule has 100 valence electrons. The van der Waals surface area contributed by atoms with Crippen LogP contribution < -0.4 is 15.4 Å². The number of rotatable bonds is 4. The minimum absolute atomic E-state index is 0.654. The van der Waals surface area contributed by atoms with E-state index in [0.717, 1.165) is 30.2 Å². The molecule has 0 saturated carbocycles. The third kappa shape index (κ3) is 2.86. The minimum Gasteiger partial charge on any atom is -0.492 e. The zero-order valence-electron chi connectivity index (χ0n) is 11.2. The van der Waals surface area contributed by atoms with E-state index in [-0.39, 0.29) is 0 Å². The van der Waals surface area contributed by atoms with Gasteiger partial charge in [-0.2, -0.15) is 11.8 Å². The van der Waals surface area contributed by atoms with E-state index < -0.39 is 0 Å². The van der Waals surface area contributed by atoms with E-state index in [2.05, 4.69) is 29.7 Å². The lowest BCUT2D eigenvalue weighted by Crippen LogP contribution is -2.38. The zero-order valence-corrected chi connectivity index (χ0v) is 12.0. The highest BCUT2D eigenvalue weighted by Gasteiger charge is 2.21. The molecule has 1 heterocycles. The maximum Gasteiger partial charge on any atom is 0.144 e. The Morgan fingerprint density at radius 2 is 2.28 bits per heavy atom. The maximum atomic E-state index is 6.21. The Kier molecular flexibility index (Phi) is 4.64. The molecule has 1 aliphatic rings. The standard InChI is InChI=1S/C14H22N2OS/c1-3-11-10-16(8-9-18-11)12-6-5-7-13(14(12)15)17-4-2/h5-7,11H,3-4,8-10,15H2,1-2H3. The number of hydrogen-bond acceptors (Lipinski definition) is 4. The molecule has 2 rings (SSSR count). The first kappa shape index (κ1) is 13.4. The van der Waals surface area contributed by atoms with Crippen LogP contribution in [0.15, 0.2) is 18.2 Å². The second kappa shape index (κ2) is 6.23. The second-order valence-corrected chi connectivity index (χ2v) is 5.88. The summed E-state index contributed by atoms with van der Waals surface area (Å²) in [5, 5.41) is 0.717. The molecule has 1 aromatic rings. The molecule has 1 aliphatic heterocycles. The van der Waals surface area contributed by atoms with Crippen LogP contribution in [0.4, 0.5) is 11.4 Å². The average molecular weight is 266 g/mol. The Labute approximate surface area is 114 Å². The third-order valence-corrected chi connectivity index (χ3v) is 4.65. The van der Waals surface area contributed by atoms with Crippen molar-refractivity contribution in [3.05, 3.63) is 18.2 Å². The number of nitrogens with zero attached hydrogens (tertiary/aromatic N) is 1. The number of anilines is 2. The summed E-state index contributed by atoms with van der Waals surface area (Å²) >= 11 is 2.07. The van der Waals surface area contributed by atoms with Crippen molar-refractivity contribution in [2.24, 2.45) is 0 Å². The highest BCUT2D eigenvalue weighted by molar-refractivity contribution is 8.00. The van der Waals surface area contributed by atoms with Gasteiger partial charge in [0.2, 0.25) is 0 Å². The van der Waals surface area contributed by atoms with E-state index in [1.54, 1.807) is 0 Å². The largest absolute Gasteiger partial charge is 0.492 e. The normalized spacial score (nSPS) is 19.9. The van der Waals surface area contributed by atoms with Crippen LogP contribution in [0, 0.1) is 0 Å². The lowest BCUT2D eigenvalue weighted by atomic mass is 10.2. The van der Waals surface area contributed by atoms with Crippen LogP contribution in [0.5, 0.6) is 5.75 Å². The third-order valence-electron chi connectivity index (χ3n) is 3.28. The molecule has 1 saturated heterocycles. The van der Waals surface area contributed by atoms with Crippen LogP contribution in [0.3, 0.4) is 0 Å². The molecule has 0 amide bonds. The fourth-order valence-corrected chi connectivity index (χ4v) is 3.45. The van der Waals surface area contributed by atoms with Crippen molar-refractivity contribution in [1.29, 1.82) is 0 Å². The van der Waals surface area contributed by atoms with Crippen molar-refractivity contribution in [3.8, 4) is 5.75 Å². The lowest BCUT2D eigenvalue weighted by molar-refractivity contribution is 0.342. The van der Waals surface area contributed by atoms with Gasteiger partial charge in [0.25, 0.3) is 0 Å². The average Bonchev–Trinajstić information content (AvgIpc) is 2.41. The summed E-state index contributed by atoms with van der Waals surface area (Å²) in [6, 6.07) is 6.07. The monoisotopic (exact) mass is 266 g/mol. The molecule has 1 fully saturated rings. The van der Waals surface area contributed by atoms with Crippen LogP contribution in [0.25, 0.3) is 0 Å². The molecule has 1 unspecified atom stereocenters. The van der Waals surface area contributed by atoms with E-state index in [4.69, 9.17) is 10.5 Å². The van der Waals surface area contributed by atoms with Crippen molar-refractivity contribution in [2.75, 3.05) is 36.1 Å². The predicted molar refractivity (Wildman–Crippen MR) is 80.8 cm³/mol. The Bertz CT molecular complexity index is 397. The van der Waals surface area contributed by atoms with E-state index >= 15 is 0 Å². The van der Waals surface area contributed by atoms with Crippen molar-refractivity contribution in [1.82, 2.24) is 0 Å². The van der Waals surface area contributed by atoms with Crippen molar-refractivity contribution < 1.29 is 4.74 Å². The van der Waals surface area contributed by atoms with Crippen LogP contribution in [0.1, 0.15) is 20.3 Å². The molecular weight excluding hydrogens is 244 g/mol. The van der Waals surface area contributed by atoms with E-state index in [0.29, 0.717) is 11.9 Å². The smallest absolute Gasteiger partial charge is 0.144 e. The summed E-state index contributed by atoms with van der Waals surface area (Å²) in [4.78, 5) is 2.39. The van der Waals surface area contributed by atoms with Crippen LogP contribution in [-0.4, -0.2) is 30.7 Å². The van der Waals surface area contributed by atoms with Gasteiger partial charge in [-0.05, 0) is 25.5 Å². The Morgan fingerprint density at radius 1 is 1.44 bits per heavy atom. The van der Waals surface area contributed by atoms with Gasteiger partial charge < -0.3 is 15.4 Å². The quantitative estimate of drug-likeness (QED) is 0.850. The van der Waals surface area contributed by atoms with Gasteiger partial charge in [-0.1, -0.05) is 13.0 Å². The number of benzene rings is 1. The Morgan fingerprint density at radius 3 is 3.00 bits per heavy atom. The molecule has 0 spiro atoms. The molecule has 0 aromatic heterocycles. The molecule has 4 heteroatoms. The summed E-state index contributed by atoms with van der Waals surface area (Å²) in [6.45, 7) is 7.04.